The normalized spacial score (nSPS) is 36.1. The Morgan fingerprint density at radius 1 is 1.00 bits per heavy atom. The lowest BCUT2D eigenvalue weighted by atomic mass is 9.68. The van der Waals surface area contributed by atoms with Gasteiger partial charge in [-0.3, -0.25) is 0 Å². The van der Waals surface area contributed by atoms with E-state index in [-0.39, 0.29) is 12.1 Å². The number of aromatic nitrogens is 2. The highest BCUT2D eigenvalue weighted by molar-refractivity contribution is 5.75. The number of nitrogens with one attached hydrogen (secondary N) is 1. The van der Waals surface area contributed by atoms with E-state index in [1.54, 1.807) is 12.4 Å². The van der Waals surface area contributed by atoms with Gasteiger partial charge >= 0.3 is 6.03 Å². The van der Waals surface area contributed by atoms with Crippen LogP contribution in [0.15, 0.2) is 18.5 Å². The Morgan fingerprint density at radius 2 is 1.73 bits per heavy atom. The number of fused-ring (bicyclic) bond motifs is 1. The molecule has 140 valence electrons. The third kappa shape index (κ3) is 3.14. The predicted octanol–water partition coefficient (Wildman–Crippen LogP) is 2.67. The minimum atomic E-state index is 0.170. The zero-order valence-corrected chi connectivity index (χ0v) is 15.4. The summed E-state index contributed by atoms with van der Waals surface area (Å²) in [5.74, 6) is 3.25. The van der Waals surface area contributed by atoms with Crippen molar-refractivity contribution in [3.8, 4) is 0 Å². The summed E-state index contributed by atoms with van der Waals surface area (Å²) in [6.07, 6.45) is 12.3. The van der Waals surface area contributed by atoms with Gasteiger partial charge in [-0.15, -0.1) is 0 Å². The second-order valence-corrected chi connectivity index (χ2v) is 8.87. The van der Waals surface area contributed by atoms with E-state index < -0.39 is 0 Å². The molecule has 1 aromatic heterocycles. The van der Waals surface area contributed by atoms with Crippen LogP contribution in [0.25, 0.3) is 0 Å². The van der Waals surface area contributed by atoms with E-state index in [9.17, 15) is 4.79 Å². The van der Waals surface area contributed by atoms with Gasteiger partial charge in [0.1, 0.15) is 0 Å². The first-order chi connectivity index (χ1) is 12.7. The number of carbonyl (C=O) groups excluding carboxylic acids is 1. The molecule has 0 radical (unpaired) electrons. The van der Waals surface area contributed by atoms with E-state index >= 15 is 0 Å². The highest BCUT2D eigenvalue weighted by atomic mass is 16.2. The van der Waals surface area contributed by atoms with Crippen LogP contribution in [-0.2, 0) is 0 Å². The molecule has 3 saturated heterocycles. The fourth-order valence-electron chi connectivity index (χ4n) is 6.02. The van der Waals surface area contributed by atoms with E-state index in [4.69, 9.17) is 0 Å². The molecule has 2 amide bonds. The van der Waals surface area contributed by atoms with Crippen LogP contribution < -0.4 is 10.2 Å². The van der Waals surface area contributed by atoms with Gasteiger partial charge in [-0.05, 0) is 68.8 Å². The van der Waals surface area contributed by atoms with E-state index in [0.717, 1.165) is 56.2 Å². The van der Waals surface area contributed by atoms with Crippen molar-refractivity contribution >= 4 is 12.0 Å². The summed E-state index contributed by atoms with van der Waals surface area (Å²) in [4.78, 5) is 26.2. The Kier molecular flexibility index (Phi) is 4.21. The van der Waals surface area contributed by atoms with Gasteiger partial charge in [-0.25, -0.2) is 14.8 Å². The smallest absolute Gasteiger partial charge is 0.317 e. The summed E-state index contributed by atoms with van der Waals surface area (Å²) in [5, 5.41) is 3.35. The molecule has 26 heavy (non-hydrogen) atoms. The van der Waals surface area contributed by atoms with Gasteiger partial charge in [0.2, 0.25) is 5.95 Å². The molecule has 4 bridgehead atoms. The second-order valence-electron chi connectivity index (χ2n) is 8.87. The Hall–Kier alpha value is -1.85. The zero-order chi connectivity index (χ0) is 17.5. The summed E-state index contributed by atoms with van der Waals surface area (Å²) < 4.78 is 0. The first kappa shape index (κ1) is 16.3. The van der Waals surface area contributed by atoms with E-state index in [2.05, 4.69) is 25.1 Å². The average molecular weight is 355 g/mol. The van der Waals surface area contributed by atoms with Gasteiger partial charge in [-0.2, -0.15) is 0 Å². The summed E-state index contributed by atoms with van der Waals surface area (Å²) in [5.41, 5.74) is 0. The van der Waals surface area contributed by atoms with Crippen LogP contribution in [0, 0.1) is 17.8 Å². The van der Waals surface area contributed by atoms with Crippen molar-refractivity contribution in [3.05, 3.63) is 18.5 Å². The first-order valence-electron chi connectivity index (χ1n) is 10.3. The second kappa shape index (κ2) is 6.71. The maximum atomic E-state index is 13.1. The number of rotatable bonds is 2. The summed E-state index contributed by atoms with van der Waals surface area (Å²) in [6, 6.07) is 2.68. The predicted molar refractivity (Wildman–Crippen MR) is 99.8 cm³/mol. The Morgan fingerprint density at radius 3 is 2.50 bits per heavy atom. The van der Waals surface area contributed by atoms with Gasteiger partial charge in [0.05, 0.1) is 0 Å². The first-order valence-corrected chi connectivity index (χ1v) is 10.3. The van der Waals surface area contributed by atoms with Crippen molar-refractivity contribution < 1.29 is 4.79 Å². The molecular formula is C20H29N5O. The van der Waals surface area contributed by atoms with Crippen molar-refractivity contribution in [2.45, 2.75) is 57.0 Å². The van der Waals surface area contributed by atoms with Crippen LogP contribution >= 0.6 is 0 Å². The number of nitrogens with zero attached hydrogens (tertiary/aromatic N) is 4. The molecule has 1 N–H and O–H groups in total. The third-order valence-corrected chi connectivity index (χ3v) is 6.95. The lowest BCUT2D eigenvalue weighted by molar-refractivity contribution is 0.130. The van der Waals surface area contributed by atoms with Gasteiger partial charge < -0.3 is 15.1 Å². The molecule has 4 heterocycles. The number of piperidine rings is 1. The lowest BCUT2D eigenvalue weighted by Crippen LogP contribution is -2.54. The van der Waals surface area contributed by atoms with Crippen LogP contribution in [0.5, 0.6) is 0 Å². The minimum Gasteiger partial charge on any atom is -0.339 e. The minimum absolute atomic E-state index is 0.170. The van der Waals surface area contributed by atoms with Crippen molar-refractivity contribution in [3.63, 3.8) is 0 Å². The number of amides is 2. The number of hydrogen-bond donors (Lipinski definition) is 1. The molecular weight excluding hydrogens is 326 g/mol. The monoisotopic (exact) mass is 355 g/mol. The third-order valence-electron chi connectivity index (χ3n) is 6.95. The largest absolute Gasteiger partial charge is 0.339 e. The Balaban J connectivity index is 1.24. The zero-order valence-electron chi connectivity index (χ0n) is 15.4. The summed E-state index contributed by atoms with van der Waals surface area (Å²) >= 11 is 0. The lowest BCUT2D eigenvalue weighted by Gasteiger charge is -2.39. The van der Waals surface area contributed by atoms with Crippen LogP contribution in [0.2, 0.25) is 0 Å². The Labute approximate surface area is 155 Å². The molecule has 6 nitrogen and oxygen atoms in total. The van der Waals surface area contributed by atoms with Gasteiger partial charge in [0, 0.05) is 44.1 Å². The van der Waals surface area contributed by atoms with E-state index in [1.807, 2.05) is 6.07 Å². The molecule has 3 atom stereocenters. The van der Waals surface area contributed by atoms with Gasteiger partial charge in [0.25, 0.3) is 0 Å². The molecule has 3 unspecified atom stereocenters. The van der Waals surface area contributed by atoms with Crippen molar-refractivity contribution in [2.24, 2.45) is 17.8 Å². The van der Waals surface area contributed by atoms with Crippen LogP contribution in [-0.4, -0.2) is 52.6 Å². The highest BCUT2D eigenvalue weighted by Crippen LogP contribution is 2.47. The van der Waals surface area contributed by atoms with E-state index in [0.29, 0.717) is 6.04 Å². The van der Waals surface area contributed by atoms with Crippen molar-refractivity contribution in [1.29, 1.82) is 0 Å². The fourth-order valence-corrected chi connectivity index (χ4v) is 6.02. The summed E-state index contributed by atoms with van der Waals surface area (Å²) in [7, 11) is 0. The number of carbonyl (C=O) groups is 1. The van der Waals surface area contributed by atoms with Crippen molar-refractivity contribution in [2.75, 3.05) is 24.5 Å². The SMILES string of the molecule is O=C(NC1CCCN(c2ncccn2)C1)N1CC2CC3CC(C2)CC1C3. The molecule has 5 fully saturated rings. The van der Waals surface area contributed by atoms with Crippen LogP contribution in [0.3, 0.4) is 0 Å². The maximum absolute atomic E-state index is 13.1. The highest BCUT2D eigenvalue weighted by Gasteiger charge is 2.44. The molecule has 6 heteroatoms. The average Bonchev–Trinajstić information content (AvgIpc) is 2.86. The number of hydrogen-bond acceptors (Lipinski definition) is 4. The molecule has 3 aliphatic heterocycles. The van der Waals surface area contributed by atoms with Crippen LogP contribution in [0.1, 0.15) is 44.9 Å². The summed E-state index contributed by atoms with van der Waals surface area (Å²) in [6.45, 7) is 2.75. The molecule has 5 aliphatic rings. The topological polar surface area (TPSA) is 61.4 Å². The molecule has 2 aliphatic carbocycles. The molecule has 2 saturated carbocycles. The number of anilines is 1. The fraction of sp³-hybridized carbons (Fsp3) is 0.750. The quantitative estimate of drug-likeness (QED) is 0.886. The van der Waals surface area contributed by atoms with E-state index in [1.165, 1.54) is 32.1 Å². The van der Waals surface area contributed by atoms with Gasteiger partial charge in [-0.1, -0.05) is 0 Å². The molecule has 0 spiro atoms. The van der Waals surface area contributed by atoms with Crippen molar-refractivity contribution in [1.82, 2.24) is 20.2 Å². The van der Waals surface area contributed by atoms with Crippen LogP contribution in [0.4, 0.5) is 10.7 Å². The molecule has 6 rings (SSSR count). The maximum Gasteiger partial charge on any atom is 0.317 e. The molecule has 1 aromatic rings. The molecule has 0 aromatic carbocycles. The number of urea groups is 1. The standard InChI is InChI=1S/C20H29N5O/c26-20(25-12-16-8-14-7-15(9-16)11-18(25)10-14)23-17-3-1-6-24(13-17)19-21-4-2-5-22-19/h2,4-5,14-18H,1,3,6-13H2,(H,23,26). The van der Waals surface area contributed by atoms with Gasteiger partial charge in [0.15, 0.2) is 0 Å². The Bertz CT molecular complexity index is 639.